The van der Waals surface area contributed by atoms with Crippen LogP contribution in [0.2, 0.25) is 0 Å². The van der Waals surface area contributed by atoms with E-state index in [2.05, 4.69) is 23.6 Å². The van der Waals surface area contributed by atoms with Crippen LogP contribution in [0, 0.1) is 0 Å². The van der Waals surface area contributed by atoms with Gasteiger partial charge in [0, 0.05) is 27.6 Å². The SMILES string of the molecule is C.CC.CCC.NCCCN1CCN(CCCN)CC1.[HH]. The van der Waals surface area contributed by atoms with Crippen molar-refractivity contribution >= 4 is 0 Å². The Hall–Kier alpha value is -0.160. The van der Waals surface area contributed by atoms with Crippen LogP contribution >= 0.6 is 0 Å². The molecule has 0 amide bonds. The van der Waals surface area contributed by atoms with Gasteiger partial charge in [0.15, 0.2) is 0 Å². The number of rotatable bonds is 6. The molecule has 0 radical (unpaired) electrons. The molecule has 0 saturated carbocycles. The van der Waals surface area contributed by atoms with Gasteiger partial charge in [-0.15, -0.1) is 0 Å². The van der Waals surface area contributed by atoms with E-state index in [1.54, 1.807) is 0 Å². The lowest BCUT2D eigenvalue weighted by Crippen LogP contribution is -2.47. The highest BCUT2D eigenvalue weighted by Gasteiger charge is 2.15. The highest BCUT2D eigenvalue weighted by Crippen LogP contribution is 2.02. The predicted octanol–water partition coefficient (Wildman–Crippen LogP) is 2.63. The maximum Gasteiger partial charge on any atom is 0.0110 e. The summed E-state index contributed by atoms with van der Waals surface area (Å²) in [6, 6.07) is 0. The molecule has 1 fully saturated rings. The fourth-order valence-electron chi connectivity index (χ4n) is 1.87. The van der Waals surface area contributed by atoms with Crippen LogP contribution in [-0.4, -0.2) is 62.2 Å². The molecule has 1 aliphatic rings. The van der Waals surface area contributed by atoms with Crippen molar-refractivity contribution in [3.63, 3.8) is 0 Å². The largest absolute Gasteiger partial charge is 0.330 e. The van der Waals surface area contributed by atoms with Crippen LogP contribution in [0.4, 0.5) is 0 Å². The highest BCUT2D eigenvalue weighted by molar-refractivity contribution is 4.71. The van der Waals surface area contributed by atoms with E-state index in [-0.39, 0.29) is 8.85 Å². The van der Waals surface area contributed by atoms with Gasteiger partial charge in [0.1, 0.15) is 0 Å². The average Bonchev–Trinajstić information content (AvgIpc) is 2.47. The Morgan fingerprint density at radius 3 is 1.25 bits per heavy atom. The zero-order valence-corrected chi connectivity index (χ0v) is 13.8. The molecule has 1 saturated heterocycles. The van der Waals surface area contributed by atoms with Crippen LogP contribution in [0.1, 0.15) is 55.8 Å². The van der Waals surface area contributed by atoms with Crippen molar-refractivity contribution < 1.29 is 1.43 Å². The minimum atomic E-state index is 0. The Labute approximate surface area is 130 Å². The standard InChI is InChI=1S/C10H24N4.C3H8.C2H6.CH4.H2/c11-3-1-5-13-7-9-14(10-8-13)6-2-4-12;1-3-2;1-2;;/h1-12H2;3H2,1-2H3;1-2H3;1H4;1H. The lowest BCUT2D eigenvalue weighted by Gasteiger charge is -2.34. The summed E-state index contributed by atoms with van der Waals surface area (Å²) in [5.74, 6) is 0. The molecule has 0 unspecified atom stereocenters. The number of hydrogen-bond acceptors (Lipinski definition) is 4. The molecule has 4 nitrogen and oxygen atoms in total. The fraction of sp³-hybridized carbons (Fsp3) is 1.00. The van der Waals surface area contributed by atoms with Crippen molar-refractivity contribution in [2.45, 2.75) is 54.4 Å². The van der Waals surface area contributed by atoms with Crippen LogP contribution in [0.3, 0.4) is 0 Å². The van der Waals surface area contributed by atoms with E-state index >= 15 is 0 Å². The van der Waals surface area contributed by atoms with Crippen molar-refractivity contribution in [1.82, 2.24) is 9.80 Å². The van der Waals surface area contributed by atoms with E-state index in [1.807, 2.05) is 13.8 Å². The Balaban J connectivity index is -0.000000184. The molecular formula is C16H44N4. The summed E-state index contributed by atoms with van der Waals surface area (Å²) in [6.45, 7) is 17.0. The van der Waals surface area contributed by atoms with Crippen molar-refractivity contribution in [2.75, 3.05) is 52.4 Å². The van der Waals surface area contributed by atoms with Crippen molar-refractivity contribution in [3.8, 4) is 0 Å². The van der Waals surface area contributed by atoms with Gasteiger partial charge in [0.2, 0.25) is 0 Å². The Morgan fingerprint density at radius 1 is 0.800 bits per heavy atom. The molecule has 0 bridgehead atoms. The van der Waals surface area contributed by atoms with Crippen LogP contribution in [0.25, 0.3) is 0 Å². The molecular weight excluding hydrogens is 248 g/mol. The van der Waals surface area contributed by atoms with Gasteiger partial charge in [-0.05, 0) is 39.0 Å². The molecule has 0 aromatic carbocycles. The van der Waals surface area contributed by atoms with Gasteiger partial charge >= 0.3 is 0 Å². The predicted molar refractivity (Wildman–Crippen MR) is 96.4 cm³/mol. The summed E-state index contributed by atoms with van der Waals surface area (Å²) in [7, 11) is 0. The maximum atomic E-state index is 5.49. The Morgan fingerprint density at radius 2 is 1.05 bits per heavy atom. The minimum absolute atomic E-state index is 0. The van der Waals surface area contributed by atoms with Crippen LogP contribution < -0.4 is 11.5 Å². The summed E-state index contributed by atoms with van der Waals surface area (Å²) in [5.41, 5.74) is 11.0. The van der Waals surface area contributed by atoms with Gasteiger partial charge in [-0.2, -0.15) is 0 Å². The van der Waals surface area contributed by atoms with Crippen LogP contribution in [0.5, 0.6) is 0 Å². The first-order valence-corrected chi connectivity index (χ1v) is 8.13. The molecule has 4 heteroatoms. The third-order valence-corrected chi connectivity index (χ3v) is 2.82. The minimum Gasteiger partial charge on any atom is -0.330 e. The van der Waals surface area contributed by atoms with E-state index in [1.165, 1.54) is 45.7 Å². The van der Waals surface area contributed by atoms with Crippen molar-refractivity contribution in [2.24, 2.45) is 11.5 Å². The first-order valence-electron chi connectivity index (χ1n) is 8.13. The Bertz CT molecular complexity index is 135. The van der Waals surface area contributed by atoms with E-state index in [9.17, 15) is 0 Å². The molecule has 4 N–H and O–H groups in total. The molecule has 20 heavy (non-hydrogen) atoms. The van der Waals surface area contributed by atoms with Gasteiger partial charge < -0.3 is 21.3 Å². The van der Waals surface area contributed by atoms with Gasteiger partial charge in [-0.1, -0.05) is 41.5 Å². The van der Waals surface area contributed by atoms with E-state index in [0.29, 0.717) is 0 Å². The zero-order valence-electron chi connectivity index (χ0n) is 13.8. The summed E-state index contributed by atoms with van der Waals surface area (Å²) in [6.07, 6.45) is 3.51. The van der Waals surface area contributed by atoms with Gasteiger partial charge in [0.05, 0.1) is 0 Å². The third-order valence-electron chi connectivity index (χ3n) is 2.82. The maximum absolute atomic E-state index is 5.49. The lowest BCUT2D eigenvalue weighted by atomic mass is 10.2. The zero-order chi connectivity index (χ0) is 14.9. The monoisotopic (exact) mass is 292 g/mol. The quantitative estimate of drug-likeness (QED) is 0.790. The molecule has 0 atom stereocenters. The molecule has 0 aromatic rings. The molecule has 1 heterocycles. The van der Waals surface area contributed by atoms with Crippen molar-refractivity contribution in [1.29, 1.82) is 0 Å². The smallest absolute Gasteiger partial charge is 0.0110 e. The van der Waals surface area contributed by atoms with Gasteiger partial charge in [-0.3, -0.25) is 0 Å². The highest BCUT2D eigenvalue weighted by atomic mass is 15.3. The normalized spacial score (nSPS) is 15.3. The second-order valence-corrected chi connectivity index (χ2v) is 4.67. The first kappa shape index (κ1) is 24.8. The topological polar surface area (TPSA) is 58.5 Å². The summed E-state index contributed by atoms with van der Waals surface area (Å²) < 4.78 is 0. The number of piperazine rings is 1. The molecule has 1 aliphatic heterocycles. The molecule has 128 valence electrons. The van der Waals surface area contributed by atoms with Crippen LogP contribution in [-0.2, 0) is 0 Å². The molecule has 0 aromatic heterocycles. The molecule has 0 aliphatic carbocycles. The number of hydrogen-bond donors (Lipinski definition) is 2. The van der Waals surface area contributed by atoms with E-state index in [4.69, 9.17) is 11.5 Å². The van der Waals surface area contributed by atoms with E-state index < -0.39 is 0 Å². The second-order valence-electron chi connectivity index (χ2n) is 4.67. The first-order chi connectivity index (χ1) is 9.28. The second kappa shape index (κ2) is 21.1. The number of nitrogens with zero attached hydrogens (tertiary/aromatic N) is 2. The van der Waals surface area contributed by atoms with E-state index in [0.717, 1.165) is 25.9 Å². The average molecular weight is 293 g/mol. The summed E-state index contributed by atoms with van der Waals surface area (Å²) in [5, 5.41) is 0. The fourth-order valence-corrected chi connectivity index (χ4v) is 1.87. The summed E-state index contributed by atoms with van der Waals surface area (Å²) in [4.78, 5) is 5.01. The van der Waals surface area contributed by atoms with Gasteiger partial charge in [-0.25, -0.2) is 0 Å². The number of nitrogens with two attached hydrogens (primary N) is 2. The van der Waals surface area contributed by atoms with Gasteiger partial charge in [0.25, 0.3) is 0 Å². The van der Waals surface area contributed by atoms with Crippen LogP contribution in [0.15, 0.2) is 0 Å². The lowest BCUT2D eigenvalue weighted by molar-refractivity contribution is 0.131. The molecule has 1 rings (SSSR count). The Kier molecular flexibility index (Phi) is 26.3. The third kappa shape index (κ3) is 15.9. The van der Waals surface area contributed by atoms with Crippen molar-refractivity contribution in [3.05, 3.63) is 0 Å². The summed E-state index contributed by atoms with van der Waals surface area (Å²) >= 11 is 0. The molecule has 0 spiro atoms.